The van der Waals surface area contributed by atoms with Crippen LogP contribution in [0, 0.1) is 0 Å². The number of hydrogen-bond acceptors (Lipinski definition) is 8. The minimum Gasteiger partial charge on any atom is -0.497 e. The fourth-order valence-electron chi connectivity index (χ4n) is 3.65. The first kappa shape index (κ1) is 24.4. The van der Waals surface area contributed by atoms with E-state index in [9.17, 15) is 4.79 Å². The largest absolute Gasteiger partial charge is 0.497 e. The van der Waals surface area contributed by atoms with Crippen molar-refractivity contribution < 1.29 is 18.8 Å². The van der Waals surface area contributed by atoms with Crippen LogP contribution in [0.4, 0.5) is 5.13 Å². The Morgan fingerprint density at radius 1 is 1.09 bits per heavy atom. The second-order valence-electron chi connectivity index (χ2n) is 8.04. The number of rotatable bonds is 11. The Bertz CT molecular complexity index is 1260. The number of nitrogens with one attached hydrogen (secondary N) is 1. The Morgan fingerprint density at radius 2 is 1.91 bits per heavy atom. The summed E-state index contributed by atoms with van der Waals surface area (Å²) in [6, 6.07) is 17.5. The molecular formula is C26H28N4O4S. The molecule has 0 spiro atoms. The number of aromatic nitrogens is 2. The van der Waals surface area contributed by atoms with Crippen LogP contribution in [0.5, 0.6) is 11.5 Å². The number of nitrogens with zero attached hydrogens (tertiary/aromatic N) is 3. The van der Waals surface area contributed by atoms with Crippen molar-refractivity contribution in [3.63, 3.8) is 0 Å². The summed E-state index contributed by atoms with van der Waals surface area (Å²) in [6.07, 6.45) is 1.61. The molecule has 2 heterocycles. The second kappa shape index (κ2) is 11.6. The van der Waals surface area contributed by atoms with Gasteiger partial charge in [0.1, 0.15) is 23.0 Å². The second-order valence-corrected chi connectivity index (χ2v) is 8.90. The highest BCUT2D eigenvalue weighted by Gasteiger charge is 2.14. The molecule has 35 heavy (non-hydrogen) atoms. The van der Waals surface area contributed by atoms with Gasteiger partial charge in [0.25, 0.3) is 0 Å². The Morgan fingerprint density at radius 3 is 2.69 bits per heavy atom. The molecule has 1 N–H and O–H groups in total. The molecule has 0 radical (unpaired) electrons. The molecule has 2 aromatic heterocycles. The summed E-state index contributed by atoms with van der Waals surface area (Å²) >= 11 is 1.38. The van der Waals surface area contributed by atoms with Gasteiger partial charge in [0.2, 0.25) is 5.91 Å². The van der Waals surface area contributed by atoms with E-state index >= 15 is 0 Å². The summed E-state index contributed by atoms with van der Waals surface area (Å²) < 4.78 is 16.2. The van der Waals surface area contributed by atoms with Crippen molar-refractivity contribution in [1.29, 1.82) is 0 Å². The smallest absolute Gasteiger partial charge is 0.240 e. The van der Waals surface area contributed by atoms with Crippen molar-refractivity contribution in [2.24, 2.45) is 0 Å². The normalized spacial score (nSPS) is 11.0. The van der Waals surface area contributed by atoms with E-state index in [1.54, 1.807) is 14.2 Å². The van der Waals surface area contributed by atoms with Crippen LogP contribution in [-0.2, 0) is 11.2 Å². The first-order chi connectivity index (χ1) is 17.1. The third-order valence-electron chi connectivity index (χ3n) is 5.44. The lowest BCUT2D eigenvalue weighted by atomic mass is 10.1. The van der Waals surface area contributed by atoms with Gasteiger partial charge in [0, 0.05) is 35.1 Å². The number of likely N-dealkylation sites (N-methyl/N-ethyl adjacent to an activating group) is 1. The molecule has 4 rings (SSSR count). The number of carbonyl (C=O) groups excluding carboxylic acids is 1. The van der Waals surface area contributed by atoms with E-state index in [1.165, 1.54) is 11.3 Å². The molecule has 0 aliphatic rings. The highest BCUT2D eigenvalue weighted by atomic mass is 32.1. The van der Waals surface area contributed by atoms with Gasteiger partial charge in [-0.1, -0.05) is 35.5 Å². The van der Waals surface area contributed by atoms with E-state index < -0.39 is 0 Å². The van der Waals surface area contributed by atoms with Crippen molar-refractivity contribution in [3.05, 3.63) is 65.7 Å². The predicted molar refractivity (Wildman–Crippen MR) is 137 cm³/mol. The van der Waals surface area contributed by atoms with Crippen molar-refractivity contribution in [3.8, 4) is 34.0 Å². The third-order valence-corrected chi connectivity index (χ3v) is 6.20. The van der Waals surface area contributed by atoms with Crippen molar-refractivity contribution in [2.45, 2.75) is 12.8 Å². The topological polar surface area (TPSA) is 89.7 Å². The Kier molecular flexibility index (Phi) is 8.12. The standard InChI is InChI=1S/C26H28N4O4S/c1-30(13-7-10-20-14-22(29-34-20)18-8-5-4-6-9-18)16-25(31)28-26-27-23(17-35-26)21-12-11-19(32-2)15-24(21)33-3/h4-6,8-9,11-12,14-15,17H,7,10,13,16H2,1-3H3,(H,27,28,31). The number of thiazole rings is 1. The van der Waals surface area contributed by atoms with E-state index in [-0.39, 0.29) is 12.5 Å². The highest BCUT2D eigenvalue weighted by Crippen LogP contribution is 2.34. The van der Waals surface area contributed by atoms with Gasteiger partial charge in [-0.05, 0) is 32.1 Å². The lowest BCUT2D eigenvalue weighted by Gasteiger charge is -2.15. The molecule has 9 heteroatoms. The molecule has 0 saturated heterocycles. The maximum absolute atomic E-state index is 12.5. The van der Waals surface area contributed by atoms with Crippen molar-refractivity contribution in [2.75, 3.05) is 39.7 Å². The number of amides is 1. The molecule has 0 unspecified atom stereocenters. The molecule has 0 atom stereocenters. The number of carbonyl (C=O) groups is 1. The minimum atomic E-state index is -0.110. The van der Waals surface area contributed by atoms with Gasteiger partial charge >= 0.3 is 0 Å². The highest BCUT2D eigenvalue weighted by molar-refractivity contribution is 7.14. The zero-order valence-corrected chi connectivity index (χ0v) is 20.8. The first-order valence-electron chi connectivity index (χ1n) is 11.2. The Balaban J connectivity index is 1.24. The summed E-state index contributed by atoms with van der Waals surface area (Å²) in [5.74, 6) is 2.10. The molecule has 1 amide bonds. The fourth-order valence-corrected chi connectivity index (χ4v) is 4.37. The lowest BCUT2D eigenvalue weighted by Crippen LogP contribution is -2.31. The SMILES string of the molecule is COc1ccc(-c2csc(NC(=O)CN(C)CCCc3cc(-c4ccccc4)no3)n2)c(OC)c1. The van der Waals surface area contributed by atoms with Crippen LogP contribution in [0.15, 0.2) is 64.5 Å². The van der Waals surface area contributed by atoms with Gasteiger partial charge < -0.3 is 19.3 Å². The first-order valence-corrected chi connectivity index (χ1v) is 12.1. The van der Waals surface area contributed by atoms with Gasteiger partial charge in [0.15, 0.2) is 5.13 Å². The van der Waals surface area contributed by atoms with E-state index in [1.807, 2.05) is 71.9 Å². The summed E-state index contributed by atoms with van der Waals surface area (Å²) in [4.78, 5) is 19.0. The lowest BCUT2D eigenvalue weighted by molar-refractivity contribution is -0.117. The number of anilines is 1. The third kappa shape index (κ3) is 6.46. The minimum absolute atomic E-state index is 0.110. The van der Waals surface area contributed by atoms with Crippen LogP contribution in [0.1, 0.15) is 12.2 Å². The van der Waals surface area contributed by atoms with Crippen LogP contribution >= 0.6 is 11.3 Å². The molecular weight excluding hydrogens is 464 g/mol. The number of hydrogen-bond donors (Lipinski definition) is 1. The molecule has 0 saturated carbocycles. The van der Waals surface area contributed by atoms with Gasteiger partial charge in [-0.25, -0.2) is 4.98 Å². The van der Waals surface area contributed by atoms with E-state index in [2.05, 4.69) is 15.5 Å². The Hall–Kier alpha value is -3.69. The summed E-state index contributed by atoms with van der Waals surface area (Å²) in [5.41, 5.74) is 3.44. The van der Waals surface area contributed by atoms with E-state index in [0.717, 1.165) is 47.7 Å². The monoisotopic (exact) mass is 492 g/mol. The number of aryl methyl sites for hydroxylation is 1. The number of benzene rings is 2. The average Bonchev–Trinajstić information content (AvgIpc) is 3.54. The maximum Gasteiger partial charge on any atom is 0.240 e. The van der Waals surface area contributed by atoms with Gasteiger partial charge in [-0.3, -0.25) is 9.69 Å². The molecule has 0 aliphatic carbocycles. The summed E-state index contributed by atoms with van der Waals surface area (Å²) in [5, 5.41) is 9.48. The predicted octanol–water partition coefficient (Wildman–Crippen LogP) is 4.99. The van der Waals surface area contributed by atoms with Gasteiger partial charge in [-0.2, -0.15) is 0 Å². The summed E-state index contributed by atoms with van der Waals surface area (Å²) in [6.45, 7) is 1.02. The molecule has 0 aliphatic heterocycles. The van der Waals surface area contributed by atoms with Gasteiger partial charge in [0.05, 0.1) is 26.5 Å². The molecule has 4 aromatic rings. The van der Waals surface area contributed by atoms with E-state index in [0.29, 0.717) is 16.6 Å². The number of methoxy groups -OCH3 is 2. The zero-order valence-electron chi connectivity index (χ0n) is 20.0. The molecule has 2 aromatic carbocycles. The summed E-state index contributed by atoms with van der Waals surface area (Å²) in [7, 11) is 5.14. The Labute approximate surface area is 208 Å². The van der Waals surface area contributed by atoms with Crippen molar-refractivity contribution in [1.82, 2.24) is 15.0 Å². The fraction of sp³-hybridized carbons (Fsp3) is 0.269. The van der Waals surface area contributed by atoms with Crippen molar-refractivity contribution >= 4 is 22.4 Å². The van der Waals surface area contributed by atoms with Crippen LogP contribution < -0.4 is 14.8 Å². The maximum atomic E-state index is 12.5. The average molecular weight is 493 g/mol. The molecule has 8 nitrogen and oxygen atoms in total. The van der Waals surface area contributed by atoms with Gasteiger partial charge in [-0.15, -0.1) is 11.3 Å². The zero-order chi connectivity index (χ0) is 24.6. The van der Waals surface area contributed by atoms with E-state index in [4.69, 9.17) is 14.0 Å². The van der Waals surface area contributed by atoms with Crippen LogP contribution in [-0.4, -0.2) is 55.3 Å². The molecule has 0 bridgehead atoms. The molecule has 0 fully saturated rings. The molecule has 182 valence electrons. The quantitative estimate of drug-likeness (QED) is 0.316. The number of ether oxygens (including phenoxy) is 2. The van der Waals surface area contributed by atoms with Crippen LogP contribution in [0.2, 0.25) is 0 Å². The van der Waals surface area contributed by atoms with Crippen LogP contribution in [0.25, 0.3) is 22.5 Å². The van der Waals surface area contributed by atoms with Crippen LogP contribution in [0.3, 0.4) is 0 Å².